The van der Waals surface area contributed by atoms with Crippen molar-refractivity contribution in [2.45, 2.75) is 38.6 Å². The Balaban J connectivity index is 2.16. The molecule has 0 heterocycles. The van der Waals surface area contributed by atoms with Crippen molar-refractivity contribution in [2.75, 3.05) is 18.2 Å². The van der Waals surface area contributed by atoms with Gasteiger partial charge >= 0.3 is 5.97 Å². The topological polar surface area (TPSA) is 64.3 Å². The third-order valence-corrected chi connectivity index (χ3v) is 3.94. The first-order chi connectivity index (χ1) is 9.11. The molecule has 0 spiro atoms. The third kappa shape index (κ3) is 3.19. The van der Waals surface area contributed by atoms with E-state index in [9.17, 15) is 4.79 Å². The minimum atomic E-state index is -0.353. The Labute approximate surface area is 114 Å². The summed E-state index contributed by atoms with van der Waals surface area (Å²) in [6, 6.07) is 5.67. The quantitative estimate of drug-likeness (QED) is 0.646. The van der Waals surface area contributed by atoms with Gasteiger partial charge in [0.05, 0.1) is 12.7 Å². The van der Waals surface area contributed by atoms with Crippen molar-refractivity contribution in [3.05, 3.63) is 23.8 Å². The number of hydrogen-bond acceptors (Lipinski definition) is 4. The van der Waals surface area contributed by atoms with Gasteiger partial charge in [0, 0.05) is 17.4 Å². The SMILES string of the molecule is COC(=O)c1cc(N)ccc1NC(C)C1CCCC1. The summed E-state index contributed by atoms with van der Waals surface area (Å²) >= 11 is 0. The van der Waals surface area contributed by atoms with Crippen LogP contribution in [0.2, 0.25) is 0 Å². The maximum absolute atomic E-state index is 11.8. The average Bonchev–Trinajstić information content (AvgIpc) is 2.94. The summed E-state index contributed by atoms with van der Waals surface area (Å²) in [5, 5.41) is 3.44. The molecule has 19 heavy (non-hydrogen) atoms. The summed E-state index contributed by atoms with van der Waals surface area (Å²) in [6.45, 7) is 2.17. The molecule has 1 aliphatic carbocycles. The molecule has 0 saturated heterocycles. The number of benzene rings is 1. The molecule has 0 amide bonds. The highest BCUT2D eigenvalue weighted by Gasteiger charge is 2.23. The number of carbonyl (C=O) groups excluding carboxylic acids is 1. The molecule has 1 atom stereocenters. The van der Waals surface area contributed by atoms with E-state index < -0.39 is 0 Å². The Hall–Kier alpha value is -1.71. The molecule has 1 fully saturated rings. The molecule has 0 radical (unpaired) electrons. The van der Waals surface area contributed by atoms with Crippen LogP contribution < -0.4 is 11.1 Å². The van der Waals surface area contributed by atoms with Crippen molar-refractivity contribution in [1.29, 1.82) is 0 Å². The van der Waals surface area contributed by atoms with Crippen LogP contribution in [0.4, 0.5) is 11.4 Å². The van der Waals surface area contributed by atoms with Gasteiger partial charge in [0.1, 0.15) is 0 Å². The van der Waals surface area contributed by atoms with Crippen molar-refractivity contribution in [3.63, 3.8) is 0 Å². The summed E-state index contributed by atoms with van der Waals surface area (Å²) < 4.78 is 4.80. The molecule has 2 rings (SSSR count). The smallest absolute Gasteiger partial charge is 0.340 e. The second-order valence-corrected chi connectivity index (χ2v) is 5.27. The Morgan fingerprint density at radius 3 is 2.74 bits per heavy atom. The Bertz CT molecular complexity index is 453. The maximum atomic E-state index is 11.8. The van der Waals surface area contributed by atoms with E-state index in [2.05, 4.69) is 12.2 Å². The second kappa shape index (κ2) is 5.95. The summed E-state index contributed by atoms with van der Waals surface area (Å²) in [6.07, 6.45) is 5.14. The van der Waals surface area contributed by atoms with E-state index in [1.807, 2.05) is 6.07 Å². The van der Waals surface area contributed by atoms with Crippen LogP contribution in [0, 0.1) is 5.92 Å². The molecule has 1 aliphatic rings. The van der Waals surface area contributed by atoms with Gasteiger partial charge in [0.25, 0.3) is 0 Å². The van der Waals surface area contributed by atoms with E-state index in [0.29, 0.717) is 23.2 Å². The first-order valence-corrected chi connectivity index (χ1v) is 6.86. The Morgan fingerprint density at radius 1 is 1.42 bits per heavy atom. The van der Waals surface area contributed by atoms with Crippen molar-refractivity contribution >= 4 is 17.3 Å². The first kappa shape index (κ1) is 13.7. The molecule has 0 aromatic heterocycles. The van der Waals surface area contributed by atoms with Crippen LogP contribution in [-0.2, 0) is 4.74 Å². The normalized spacial score (nSPS) is 17.2. The zero-order chi connectivity index (χ0) is 13.8. The van der Waals surface area contributed by atoms with Crippen molar-refractivity contribution in [1.82, 2.24) is 0 Å². The van der Waals surface area contributed by atoms with Gasteiger partial charge in [-0.25, -0.2) is 4.79 Å². The molecule has 1 unspecified atom stereocenters. The van der Waals surface area contributed by atoms with Crippen LogP contribution in [0.5, 0.6) is 0 Å². The van der Waals surface area contributed by atoms with Crippen LogP contribution >= 0.6 is 0 Å². The predicted octanol–water partition coefficient (Wildman–Crippen LogP) is 3.05. The van der Waals surface area contributed by atoms with Gasteiger partial charge in [-0.15, -0.1) is 0 Å². The van der Waals surface area contributed by atoms with Crippen LogP contribution in [0.25, 0.3) is 0 Å². The van der Waals surface area contributed by atoms with Gasteiger partial charge in [-0.1, -0.05) is 12.8 Å². The average molecular weight is 262 g/mol. The highest BCUT2D eigenvalue weighted by Crippen LogP contribution is 2.30. The monoisotopic (exact) mass is 262 g/mol. The van der Waals surface area contributed by atoms with Crippen molar-refractivity contribution < 1.29 is 9.53 Å². The van der Waals surface area contributed by atoms with E-state index >= 15 is 0 Å². The lowest BCUT2D eigenvalue weighted by molar-refractivity contribution is 0.0602. The number of methoxy groups -OCH3 is 1. The molecular weight excluding hydrogens is 240 g/mol. The molecule has 0 aliphatic heterocycles. The molecular formula is C15H22N2O2. The second-order valence-electron chi connectivity index (χ2n) is 5.27. The van der Waals surface area contributed by atoms with Crippen LogP contribution in [0.1, 0.15) is 43.0 Å². The number of carbonyl (C=O) groups is 1. The minimum Gasteiger partial charge on any atom is -0.465 e. The van der Waals surface area contributed by atoms with E-state index in [-0.39, 0.29) is 5.97 Å². The Kier molecular flexibility index (Phi) is 4.30. The van der Waals surface area contributed by atoms with E-state index in [4.69, 9.17) is 10.5 Å². The fourth-order valence-corrected chi connectivity index (χ4v) is 2.79. The summed E-state index contributed by atoms with van der Waals surface area (Å²) in [5.74, 6) is 0.330. The standard InChI is InChI=1S/C15H22N2O2/c1-10(11-5-3-4-6-11)17-14-8-7-12(16)9-13(14)15(18)19-2/h7-11,17H,3-6,16H2,1-2H3. The largest absolute Gasteiger partial charge is 0.465 e. The minimum absolute atomic E-state index is 0.353. The lowest BCUT2D eigenvalue weighted by Gasteiger charge is -2.23. The van der Waals surface area contributed by atoms with Crippen LogP contribution in [0.15, 0.2) is 18.2 Å². The van der Waals surface area contributed by atoms with Gasteiger partial charge in [-0.2, -0.15) is 0 Å². The highest BCUT2D eigenvalue weighted by atomic mass is 16.5. The molecule has 1 saturated carbocycles. The third-order valence-electron chi connectivity index (χ3n) is 3.94. The summed E-state index contributed by atoms with van der Waals surface area (Å²) in [4.78, 5) is 11.8. The number of nitrogens with two attached hydrogens (primary N) is 1. The number of esters is 1. The van der Waals surface area contributed by atoms with Gasteiger partial charge in [0.15, 0.2) is 0 Å². The van der Waals surface area contributed by atoms with Crippen LogP contribution in [-0.4, -0.2) is 19.1 Å². The van der Waals surface area contributed by atoms with E-state index in [1.165, 1.54) is 32.8 Å². The summed E-state index contributed by atoms with van der Waals surface area (Å²) in [7, 11) is 1.38. The van der Waals surface area contributed by atoms with E-state index in [0.717, 1.165) is 5.69 Å². The fourth-order valence-electron chi connectivity index (χ4n) is 2.79. The molecule has 4 nitrogen and oxygen atoms in total. The Morgan fingerprint density at radius 2 is 2.11 bits per heavy atom. The molecule has 4 heteroatoms. The molecule has 1 aromatic rings. The lowest BCUT2D eigenvalue weighted by atomic mass is 9.99. The van der Waals surface area contributed by atoms with Gasteiger partial charge in [-0.3, -0.25) is 0 Å². The highest BCUT2D eigenvalue weighted by molar-refractivity contribution is 5.96. The number of ether oxygens (including phenoxy) is 1. The van der Waals surface area contributed by atoms with Gasteiger partial charge in [-0.05, 0) is 43.9 Å². The maximum Gasteiger partial charge on any atom is 0.340 e. The number of anilines is 2. The number of rotatable bonds is 4. The van der Waals surface area contributed by atoms with Crippen LogP contribution in [0.3, 0.4) is 0 Å². The zero-order valence-electron chi connectivity index (χ0n) is 11.6. The van der Waals surface area contributed by atoms with Gasteiger partial charge in [0.2, 0.25) is 0 Å². The van der Waals surface area contributed by atoms with Crippen molar-refractivity contribution in [3.8, 4) is 0 Å². The predicted molar refractivity (Wildman–Crippen MR) is 77.2 cm³/mol. The fraction of sp³-hybridized carbons (Fsp3) is 0.533. The number of nitrogens with one attached hydrogen (secondary N) is 1. The molecule has 104 valence electrons. The summed E-state index contributed by atoms with van der Waals surface area (Å²) in [5.41, 5.74) is 7.62. The molecule has 0 bridgehead atoms. The van der Waals surface area contributed by atoms with Crippen molar-refractivity contribution in [2.24, 2.45) is 5.92 Å². The number of nitrogen functional groups attached to an aromatic ring is 1. The number of hydrogen-bond donors (Lipinski definition) is 2. The van der Waals surface area contributed by atoms with E-state index in [1.54, 1.807) is 12.1 Å². The molecule has 3 N–H and O–H groups in total. The zero-order valence-corrected chi connectivity index (χ0v) is 11.6. The van der Waals surface area contributed by atoms with Gasteiger partial charge < -0.3 is 15.8 Å². The molecule has 1 aromatic carbocycles. The lowest BCUT2D eigenvalue weighted by Crippen LogP contribution is -2.25. The first-order valence-electron chi connectivity index (χ1n) is 6.86.